The van der Waals surface area contributed by atoms with E-state index < -0.39 is 12.2 Å². The summed E-state index contributed by atoms with van der Waals surface area (Å²) in [4.78, 5) is 0. The molecular weight excluding hydrogens is 251 g/mol. The number of hydrogen-bond acceptors (Lipinski definition) is 1. The Morgan fingerprint density at radius 3 is 1.95 bits per heavy atom. The van der Waals surface area contributed by atoms with Crippen LogP contribution in [0.15, 0.2) is 24.3 Å². The summed E-state index contributed by atoms with van der Waals surface area (Å²) in [6, 6.07) is 5.93. The van der Waals surface area contributed by atoms with E-state index >= 15 is 0 Å². The highest BCUT2D eigenvalue weighted by Gasteiger charge is 2.38. The molecule has 0 aliphatic rings. The first-order chi connectivity index (χ1) is 8.64. The van der Waals surface area contributed by atoms with Crippen molar-refractivity contribution in [3.05, 3.63) is 35.4 Å². The lowest BCUT2D eigenvalue weighted by molar-refractivity contribution is -0.155. The van der Waals surface area contributed by atoms with Gasteiger partial charge in [-0.25, -0.2) is 0 Å². The maximum Gasteiger partial charge on any atom is 0.404 e. The first-order valence-electron chi connectivity index (χ1n) is 6.54. The molecule has 0 heterocycles. The van der Waals surface area contributed by atoms with E-state index in [2.05, 4.69) is 26.1 Å². The molecule has 0 fully saturated rings. The zero-order valence-electron chi connectivity index (χ0n) is 11.9. The van der Waals surface area contributed by atoms with Crippen LogP contribution in [0.3, 0.4) is 0 Å². The van der Waals surface area contributed by atoms with Crippen molar-refractivity contribution < 1.29 is 13.2 Å². The Morgan fingerprint density at radius 1 is 1.05 bits per heavy atom. The van der Waals surface area contributed by atoms with E-state index in [1.165, 1.54) is 0 Å². The van der Waals surface area contributed by atoms with Crippen molar-refractivity contribution in [1.82, 2.24) is 5.32 Å². The Kier molecular flexibility index (Phi) is 5.02. The number of rotatable bonds is 4. The summed E-state index contributed by atoms with van der Waals surface area (Å²) in [6.45, 7) is 8.24. The second-order valence-electron chi connectivity index (χ2n) is 5.80. The molecule has 0 aliphatic heterocycles. The van der Waals surface area contributed by atoms with E-state index in [1.54, 1.807) is 19.1 Å². The van der Waals surface area contributed by atoms with E-state index in [4.69, 9.17) is 0 Å². The Bertz CT molecular complexity index is 387. The normalized spacial score (nSPS) is 14.5. The van der Waals surface area contributed by atoms with Crippen LogP contribution in [-0.4, -0.2) is 18.8 Å². The molecule has 19 heavy (non-hydrogen) atoms. The average molecular weight is 273 g/mol. The van der Waals surface area contributed by atoms with Gasteiger partial charge in [0.15, 0.2) is 0 Å². The molecule has 1 aromatic carbocycles. The van der Waals surface area contributed by atoms with E-state index in [0.717, 1.165) is 5.56 Å². The molecule has 1 nitrogen and oxygen atoms in total. The monoisotopic (exact) mass is 273 g/mol. The molecule has 0 saturated heterocycles. The van der Waals surface area contributed by atoms with Crippen molar-refractivity contribution in [2.45, 2.75) is 51.7 Å². The SMILES string of the molecule is CCNC(Cc1ccc(C(C)(C)C)cc1)C(F)(F)F. The van der Waals surface area contributed by atoms with Gasteiger partial charge >= 0.3 is 6.18 Å². The molecule has 0 radical (unpaired) electrons. The van der Waals surface area contributed by atoms with Gasteiger partial charge in [-0.2, -0.15) is 13.2 Å². The smallest absolute Gasteiger partial charge is 0.306 e. The number of alkyl halides is 3. The summed E-state index contributed by atoms with van der Waals surface area (Å²) in [7, 11) is 0. The van der Waals surface area contributed by atoms with Crippen molar-refractivity contribution in [3.8, 4) is 0 Å². The summed E-state index contributed by atoms with van der Waals surface area (Å²) in [6.07, 6.45) is -4.24. The van der Waals surface area contributed by atoms with Gasteiger partial charge in [-0.05, 0) is 29.5 Å². The molecule has 0 spiro atoms. The van der Waals surface area contributed by atoms with Crippen LogP contribution in [0, 0.1) is 0 Å². The lowest BCUT2D eigenvalue weighted by Crippen LogP contribution is -2.43. The molecule has 0 bridgehead atoms. The van der Waals surface area contributed by atoms with E-state index in [0.29, 0.717) is 12.1 Å². The Hall–Kier alpha value is -1.03. The minimum atomic E-state index is -4.21. The fraction of sp³-hybridized carbons (Fsp3) is 0.600. The second-order valence-corrected chi connectivity index (χ2v) is 5.80. The average Bonchev–Trinajstić information content (AvgIpc) is 2.26. The summed E-state index contributed by atoms with van der Waals surface area (Å²) in [5.74, 6) is 0. The van der Waals surface area contributed by atoms with Gasteiger partial charge in [-0.3, -0.25) is 0 Å². The predicted octanol–water partition coefficient (Wildman–Crippen LogP) is 4.07. The first kappa shape index (κ1) is 16.0. The van der Waals surface area contributed by atoms with Crippen molar-refractivity contribution in [3.63, 3.8) is 0 Å². The van der Waals surface area contributed by atoms with Crippen LogP contribution in [0.25, 0.3) is 0 Å². The summed E-state index contributed by atoms with van der Waals surface area (Å²) < 4.78 is 38.4. The predicted molar refractivity (Wildman–Crippen MR) is 72.4 cm³/mol. The molecule has 108 valence electrons. The molecule has 0 aromatic heterocycles. The van der Waals surface area contributed by atoms with E-state index in [1.807, 2.05) is 12.1 Å². The topological polar surface area (TPSA) is 12.0 Å². The van der Waals surface area contributed by atoms with Crippen LogP contribution in [-0.2, 0) is 11.8 Å². The fourth-order valence-corrected chi connectivity index (χ4v) is 1.93. The highest BCUT2D eigenvalue weighted by atomic mass is 19.4. The van der Waals surface area contributed by atoms with Gasteiger partial charge in [0.25, 0.3) is 0 Å². The third kappa shape index (κ3) is 4.86. The highest BCUT2D eigenvalue weighted by molar-refractivity contribution is 5.28. The van der Waals surface area contributed by atoms with E-state index in [9.17, 15) is 13.2 Å². The molecule has 1 unspecified atom stereocenters. The van der Waals surface area contributed by atoms with Crippen LogP contribution >= 0.6 is 0 Å². The molecule has 1 N–H and O–H groups in total. The van der Waals surface area contributed by atoms with Gasteiger partial charge in [0.05, 0.1) is 0 Å². The molecule has 4 heteroatoms. The fourth-order valence-electron chi connectivity index (χ4n) is 1.93. The maximum absolute atomic E-state index is 12.8. The lowest BCUT2D eigenvalue weighted by Gasteiger charge is -2.22. The van der Waals surface area contributed by atoms with Crippen molar-refractivity contribution in [1.29, 1.82) is 0 Å². The van der Waals surface area contributed by atoms with Gasteiger partial charge in [0.1, 0.15) is 6.04 Å². The van der Waals surface area contributed by atoms with Crippen molar-refractivity contribution >= 4 is 0 Å². The molecule has 0 aliphatic carbocycles. The van der Waals surface area contributed by atoms with Gasteiger partial charge < -0.3 is 5.32 Å². The number of benzene rings is 1. The molecule has 1 aromatic rings. The third-order valence-electron chi connectivity index (χ3n) is 3.11. The lowest BCUT2D eigenvalue weighted by atomic mass is 9.86. The Balaban J connectivity index is 2.81. The number of hydrogen-bond donors (Lipinski definition) is 1. The molecular formula is C15H22F3N. The van der Waals surface area contributed by atoms with Crippen LogP contribution in [0.1, 0.15) is 38.8 Å². The van der Waals surface area contributed by atoms with Gasteiger partial charge in [-0.1, -0.05) is 52.0 Å². The largest absolute Gasteiger partial charge is 0.404 e. The zero-order chi connectivity index (χ0) is 14.7. The van der Waals surface area contributed by atoms with Crippen LogP contribution in [0.5, 0.6) is 0 Å². The van der Waals surface area contributed by atoms with Crippen molar-refractivity contribution in [2.75, 3.05) is 6.54 Å². The van der Waals surface area contributed by atoms with Gasteiger partial charge in [0.2, 0.25) is 0 Å². The Morgan fingerprint density at radius 2 is 1.58 bits per heavy atom. The number of likely N-dealkylation sites (N-methyl/N-ethyl adjacent to an activating group) is 1. The zero-order valence-corrected chi connectivity index (χ0v) is 11.9. The number of nitrogens with one attached hydrogen (secondary N) is 1. The highest BCUT2D eigenvalue weighted by Crippen LogP contribution is 2.25. The summed E-state index contributed by atoms with van der Waals surface area (Å²) in [5.41, 5.74) is 1.85. The third-order valence-corrected chi connectivity index (χ3v) is 3.11. The van der Waals surface area contributed by atoms with Crippen molar-refractivity contribution in [2.24, 2.45) is 0 Å². The Labute approximate surface area is 113 Å². The molecule has 1 atom stereocenters. The quantitative estimate of drug-likeness (QED) is 0.872. The first-order valence-corrected chi connectivity index (χ1v) is 6.54. The van der Waals surface area contributed by atoms with Crippen LogP contribution in [0.2, 0.25) is 0 Å². The minimum Gasteiger partial charge on any atom is -0.306 e. The molecule has 1 rings (SSSR count). The summed E-state index contributed by atoms with van der Waals surface area (Å²) in [5, 5.41) is 2.49. The minimum absolute atomic E-state index is 0.0175. The second kappa shape index (κ2) is 5.95. The van der Waals surface area contributed by atoms with Crippen LogP contribution < -0.4 is 5.32 Å². The molecule has 0 saturated carbocycles. The van der Waals surface area contributed by atoms with Gasteiger partial charge in [-0.15, -0.1) is 0 Å². The van der Waals surface area contributed by atoms with E-state index in [-0.39, 0.29) is 11.8 Å². The van der Waals surface area contributed by atoms with Gasteiger partial charge in [0, 0.05) is 0 Å². The molecule has 0 amide bonds. The standard InChI is InChI=1S/C15H22F3N/c1-5-19-13(15(16,17)18)10-11-6-8-12(9-7-11)14(2,3)4/h6-9,13,19H,5,10H2,1-4H3. The van der Waals surface area contributed by atoms with Crippen LogP contribution in [0.4, 0.5) is 13.2 Å². The maximum atomic E-state index is 12.8. The number of halogens is 3. The summed E-state index contributed by atoms with van der Waals surface area (Å²) >= 11 is 0.